The van der Waals surface area contributed by atoms with Crippen molar-refractivity contribution in [1.29, 1.82) is 0 Å². The molecule has 6 nitrogen and oxygen atoms in total. The number of nitrogens with zero attached hydrogens (tertiary/aromatic N) is 1. The lowest BCUT2D eigenvalue weighted by Gasteiger charge is -2.32. The number of morpholine rings is 1. The molecule has 1 aliphatic rings. The first-order chi connectivity index (χ1) is 12.2. The smallest absolute Gasteiger partial charge is 0.322 e. The first-order valence-electron chi connectivity index (χ1n) is 8.32. The van der Waals surface area contributed by atoms with Crippen molar-refractivity contribution in [2.24, 2.45) is 0 Å². The predicted molar refractivity (Wildman–Crippen MR) is 95.9 cm³/mol. The second-order valence-corrected chi connectivity index (χ2v) is 6.13. The maximum Gasteiger partial charge on any atom is 0.322 e. The van der Waals surface area contributed by atoms with E-state index in [2.05, 4.69) is 5.32 Å². The van der Waals surface area contributed by atoms with E-state index in [4.69, 9.17) is 13.9 Å². The zero-order valence-corrected chi connectivity index (χ0v) is 14.0. The van der Waals surface area contributed by atoms with E-state index in [-0.39, 0.29) is 12.1 Å². The lowest BCUT2D eigenvalue weighted by Crippen LogP contribution is -2.48. The van der Waals surface area contributed by atoms with Gasteiger partial charge in [0.2, 0.25) is 0 Å². The van der Waals surface area contributed by atoms with E-state index in [1.165, 1.54) is 0 Å². The highest BCUT2D eigenvalue weighted by molar-refractivity contribution is 6.06. The van der Waals surface area contributed by atoms with Gasteiger partial charge in [-0.05, 0) is 18.2 Å². The van der Waals surface area contributed by atoms with Gasteiger partial charge in [0.25, 0.3) is 0 Å². The van der Waals surface area contributed by atoms with Crippen LogP contribution in [0.25, 0.3) is 21.9 Å². The molecule has 130 valence electrons. The highest BCUT2D eigenvalue weighted by Crippen LogP contribution is 2.30. The minimum atomic E-state index is -0.139. The van der Waals surface area contributed by atoms with Crippen molar-refractivity contribution in [3.63, 3.8) is 0 Å². The third-order valence-corrected chi connectivity index (χ3v) is 4.41. The Morgan fingerprint density at radius 2 is 2.08 bits per heavy atom. The Balaban J connectivity index is 1.52. The number of amides is 2. The van der Waals surface area contributed by atoms with Crippen molar-refractivity contribution in [3.8, 4) is 0 Å². The largest absolute Gasteiger partial charge is 0.456 e. The lowest BCUT2D eigenvalue weighted by atomic mass is 10.1. The van der Waals surface area contributed by atoms with E-state index in [0.717, 1.165) is 21.9 Å². The fourth-order valence-electron chi connectivity index (χ4n) is 3.20. The molecule has 1 saturated heterocycles. The van der Waals surface area contributed by atoms with Crippen LogP contribution in [0.2, 0.25) is 0 Å². The molecule has 1 N–H and O–H groups in total. The van der Waals surface area contributed by atoms with Crippen LogP contribution in [0.3, 0.4) is 0 Å². The fraction of sp³-hybridized carbons (Fsp3) is 0.316. The summed E-state index contributed by atoms with van der Waals surface area (Å²) in [5, 5.41) is 5.06. The maximum absolute atomic E-state index is 12.5. The number of rotatable bonds is 3. The first-order valence-corrected chi connectivity index (χ1v) is 8.32. The Morgan fingerprint density at radius 3 is 2.96 bits per heavy atom. The van der Waals surface area contributed by atoms with E-state index in [0.29, 0.717) is 32.0 Å². The molecule has 0 saturated carbocycles. The number of carbonyl (C=O) groups is 1. The molecule has 1 atom stereocenters. The van der Waals surface area contributed by atoms with E-state index < -0.39 is 0 Å². The van der Waals surface area contributed by atoms with Crippen molar-refractivity contribution in [1.82, 2.24) is 4.90 Å². The quantitative estimate of drug-likeness (QED) is 0.793. The summed E-state index contributed by atoms with van der Waals surface area (Å²) in [7, 11) is 1.63. The van der Waals surface area contributed by atoms with Crippen LogP contribution in [0, 0.1) is 0 Å². The summed E-state index contributed by atoms with van der Waals surface area (Å²) >= 11 is 0. The number of nitrogens with one attached hydrogen (secondary N) is 1. The molecule has 1 fully saturated rings. The topological polar surface area (TPSA) is 63.9 Å². The van der Waals surface area contributed by atoms with Gasteiger partial charge in [-0.3, -0.25) is 0 Å². The maximum atomic E-state index is 12.5. The van der Waals surface area contributed by atoms with E-state index in [1.807, 2.05) is 42.5 Å². The Kier molecular flexibility index (Phi) is 4.29. The van der Waals surface area contributed by atoms with E-state index >= 15 is 0 Å². The average Bonchev–Trinajstić information content (AvgIpc) is 3.00. The molecule has 25 heavy (non-hydrogen) atoms. The minimum Gasteiger partial charge on any atom is -0.456 e. The number of fused-ring (bicyclic) bond motifs is 3. The number of para-hydroxylation sites is 1. The Morgan fingerprint density at radius 1 is 1.24 bits per heavy atom. The molecule has 0 bridgehead atoms. The number of benzene rings is 2. The Hall–Kier alpha value is -2.57. The van der Waals surface area contributed by atoms with Crippen LogP contribution in [0.15, 0.2) is 46.9 Å². The van der Waals surface area contributed by atoms with Crippen LogP contribution in [0.5, 0.6) is 0 Å². The molecule has 0 aliphatic carbocycles. The predicted octanol–water partition coefficient (Wildman–Crippen LogP) is 3.47. The monoisotopic (exact) mass is 340 g/mol. The summed E-state index contributed by atoms with van der Waals surface area (Å²) in [6, 6.07) is 13.5. The van der Waals surface area contributed by atoms with E-state index in [1.54, 1.807) is 12.0 Å². The summed E-state index contributed by atoms with van der Waals surface area (Å²) in [6.07, 6.45) is -0.0812. The highest BCUT2D eigenvalue weighted by Gasteiger charge is 2.24. The van der Waals surface area contributed by atoms with Gasteiger partial charge in [0, 0.05) is 36.2 Å². The molecule has 0 radical (unpaired) electrons. The number of hydrogen-bond donors (Lipinski definition) is 1. The summed E-state index contributed by atoms with van der Waals surface area (Å²) in [6.45, 7) is 2.09. The molecule has 1 unspecified atom stereocenters. The van der Waals surface area contributed by atoms with Gasteiger partial charge >= 0.3 is 6.03 Å². The molecule has 2 heterocycles. The second kappa shape index (κ2) is 6.74. The van der Waals surface area contributed by atoms with Gasteiger partial charge in [0.15, 0.2) is 0 Å². The zero-order valence-electron chi connectivity index (χ0n) is 14.0. The molecular weight excluding hydrogens is 320 g/mol. The van der Waals surface area contributed by atoms with Crippen LogP contribution in [-0.2, 0) is 9.47 Å². The van der Waals surface area contributed by atoms with Gasteiger partial charge in [-0.25, -0.2) is 4.79 Å². The number of furan rings is 1. The minimum absolute atomic E-state index is 0.0812. The number of carbonyl (C=O) groups excluding carboxylic acids is 1. The molecule has 2 aromatic carbocycles. The van der Waals surface area contributed by atoms with Gasteiger partial charge in [-0.1, -0.05) is 18.2 Å². The van der Waals surface area contributed by atoms with Crippen molar-refractivity contribution in [2.75, 3.05) is 38.7 Å². The third kappa shape index (κ3) is 3.18. The summed E-state index contributed by atoms with van der Waals surface area (Å²) < 4.78 is 16.6. The first kappa shape index (κ1) is 15.9. The van der Waals surface area contributed by atoms with Gasteiger partial charge in [0.1, 0.15) is 11.2 Å². The summed E-state index contributed by atoms with van der Waals surface area (Å²) in [4.78, 5) is 14.3. The zero-order chi connectivity index (χ0) is 17.2. The lowest BCUT2D eigenvalue weighted by molar-refractivity contribution is -0.0481. The summed E-state index contributed by atoms with van der Waals surface area (Å²) in [5.74, 6) is 0. The Labute approximate surface area is 145 Å². The molecule has 6 heteroatoms. The third-order valence-electron chi connectivity index (χ3n) is 4.41. The molecule has 1 aliphatic heterocycles. The molecule has 2 amide bonds. The van der Waals surface area contributed by atoms with Gasteiger partial charge in [0.05, 0.1) is 25.9 Å². The van der Waals surface area contributed by atoms with Crippen LogP contribution < -0.4 is 5.32 Å². The number of ether oxygens (including phenoxy) is 2. The number of hydrogen-bond acceptors (Lipinski definition) is 4. The van der Waals surface area contributed by atoms with Crippen LogP contribution in [-0.4, -0.2) is 50.4 Å². The van der Waals surface area contributed by atoms with Crippen LogP contribution in [0.1, 0.15) is 0 Å². The van der Waals surface area contributed by atoms with Crippen molar-refractivity contribution >= 4 is 33.7 Å². The molecule has 0 spiro atoms. The normalized spacial score (nSPS) is 18.0. The molecule has 1 aromatic heterocycles. The highest BCUT2D eigenvalue weighted by atomic mass is 16.5. The average molecular weight is 340 g/mol. The molecule has 4 rings (SSSR count). The van der Waals surface area contributed by atoms with Crippen molar-refractivity contribution < 1.29 is 18.7 Å². The number of anilines is 1. The summed E-state index contributed by atoms with van der Waals surface area (Å²) in [5.41, 5.74) is 2.32. The second-order valence-electron chi connectivity index (χ2n) is 6.13. The van der Waals surface area contributed by atoms with Crippen LogP contribution in [0.4, 0.5) is 10.5 Å². The van der Waals surface area contributed by atoms with E-state index in [9.17, 15) is 4.79 Å². The fourth-order valence-corrected chi connectivity index (χ4v) is 3.20. The van der Waals surface area contributed by atoms with Crippen molar-refractivity contribution in [2.45, 2.75) is 6.10 Å². The van der Waals surface area contributed by atoms with Gasteiger partial charge in [-0.15, -0.1) is 0 Å². The number of methoxy groups -OCH3 is 1. The SMILES string of the molecule is COCC1CN(C(=O)Nc2ccc3c(c2)oc2ccccc23)CCO1. The standard InChI is InChI=1S/C19H20N2O4/c1-23-12-14-11-21(8-9-24-14)19(22)20-13-6-7-16-15-4-2-3-5-17(15)25-18(16)10-13/h2-7,10,14H,8-9,11-12H2,1H3,(H,20,22). The number of urea groups is 1. The molecular formula is C19H20N2O4. The Bertz CT molecular complexity index is 903. The molecule has 3 aromatic rings. The van der Waals surface area contributed by atoms with Gasteiger partial charge < -0.3 is 24.1 Å². The van der Waals surface area contributed by atoms with Crippen molar-refractivity contribution in [3.05, 3.63) is 42.5 Å². The van der Waals surface area contributed by atoms with Crippen LogP contribution >= 0.6 is 0 Å². The van der Waals surface area contributed by atoms with Gasteiger partial charge in [-0.2, -0.15) is 0 Å².